The van der Waals surface area contributed by atoms with Gasteiger partial charge in [0.1, 0.15) is 0 Å². The van der Waals surface area contributed by atoms with E-state index in [9.17, 15) is 0 Å². The van der Waals surface area contributed by atoms with Gasteiger partial charge in [-0.3, -0.25) is 9.98 Å². The summed E-state index contributed by atoms with van der Waals surface area (Å²) in [5, 5.41) is 0. The van der Waals surface area contributed by atoms with Crippen molar-refractivity contribution >= 4 is 22.8 Å². The van der Waals surface area contributed by atoms with Crippen molar-refractivity contribution in [3.8, 4) is 0 Å². The van der Waals surface area contributed by atoms with Gasteiger partial charge in [-0.15, -0.1) is 0 Å². The number of pyridine rings is 1. The summed E-state index contributed by atoms with van der Waals surface area (Å²) in [4.78, 5) is 14.9. The second kappa shape index (κ2) is 10.5. The first-order chi connectivity index (χ1) is 16.0. The topological polar surface area (TPSA) is 37.6 Å². The summed E-state index contributed by atoms with van der Waals surface area (Å²) in [7, 11) is 0. The molecule has 0 aliphatic heterocycles. The molecule has 0 saturated heterocycles. The molecule has 1 heterocycles. The molecule has 0 saturated carbocycles. The quantitative estimate of drug-likeness (QED) is 0.343. The van der Waals surface area contributed by atoms with E-state index in [1.165, 1.54) is 33.4 Å². The zero-order valence-corrected chi connectivity index (χ0v) is 22.5. The highest BCUT2D eigenvalue weighted by molar-refractivity contribution is 6.02. The largest absolute Gasteiger partial charge is 0.251 e. The number of aromatic nitrogens is 1. The third-order valence-electron chi connectivity index (χ3n) is 6.41. The molecule has 0 fully saturated rings. The second-order valence-corrected chi connectivity index (χ2v) is 10.1. The minimum Gasteiger partial charge on any atom is -0.251 e. The third kappa shape index (κ3) is 5.70. The molecule has 178 valence electrons. The smallest absolute Gasteiger partial charge is 0.0849 e. The molecule has 0 bridgehead atoms. The predicted octanol–water partition coefficient (Wildman–Crippen LogP) is 8.84. The zero-order chi connectivity index (χ0) is 25.2. The van der Waals surface area contributed by atoms with E-state index in [0.717, 1.165) is 34.2 Å². The van der Waals surface area contributed by atoms with Crippen LogP contribution in [0.2, 0.25) is 0 Å². The number of aryl methyl sites for hydroxylation is 4. The van der Waals surface area contributed by atoms with Gasteiger partial charge >= 0.3 is 0 Å². The summed E-state index contributed by atoms with van der Waals surface area (Å²) < 4.78 is 0. The highest BCUT2D eigenvalue weighted by atomic mass is 14.8. The summed E-state index contributed by atoms with van der Waals surface area (Å²) in [6, 6.07) is 15.1. The van der Waals surface area contributed by atoms with Crippen LogP contribution < -0.4 is 0 Å². The molecule has 2 aromatic carbocycles. The van der Waals surface area contributed by atoms with E-state index in [2.05, 4.69) is 79.7 Å². The van der Waals surface area contributed by atoms with Gasteiger partial charge in [-0.25, -0.2) is 4.98 Å². The van der Waals surface area contributed by atoms with Crippen LogP contribution in [0.3, 0.4) is 0 Å². The van der Waals surface area contributed by atoms with Crippen LogP contribution >= 0.6 is 0 Å². The minimum absolute atomic E-state index is 0.506. The van der Waals surface area contributed by atoms with Gasteiger partial charge in [0.05, 0.1) is 34.2 Å². The Bertz CT molecular complexity index is 1120. The lowest BCUT2D eigenvalue weighted by Gasteiger charge is -2.13. The maximum atomic E-state index is 4.98. The molecule has 0 N–H and O–H groups in total. The van der Waals surface area contributed by atoms with Crippen LogP contribution in [0.5, 0.6) is 0 Å². The zero-order valence-electron chi connectivity index (χ0n) is 22.5. The van der Waals surface area contributed by atoms with Crippen molar-refractivity contribution in [3.05, 3.63) is 87.2 Å². The number of hydrogen-bond acceptors (Lipinski definition) is 3. The summed E-state index contributed by atoms with van der Waals surface area (Å²) >= 11 is 0. The minimum atomic E-state index is 0.506. The van der Waals surface area contributed by atoms with Crippen molar-refractivity contribution in [3.63, 3.8) is 0 Å². The van der Waals surface area contributed by atoms with Crippen molar-refractivity contribution < 1.29 is 0 Å². The molecule has 0 unspecified atom stereocenters. The lowest BCUT2D eigenvalue weighted by atomic mass is 9.97. The molecule has 1 aromatic heterocycles. The summed E-state index contributed by atoms with van der Waals surface area (Å²) in [6.07, 6.45) is 0. The van der Waals surface area contributed by atoms with E-state index >= 15 is 0 Å². The Morgan fingerprint density at radius 2 is 0.941 bits per heavy atom. The van der Waals surface area contributed by atoms with Crippen molar-refractivity contribution in [2.24, 2.45) is 9.98 Å². The van der Waals surface area contributed by atoms with Crippen LogP contribution in [0.1, 0.15) is 98.1 Å². The molecule has 0 spiro atoms. The molecule has 0 amide bonds. The molecule has 0 radical (unpaired) electrons. The van der Waals surface area contributed by atoms with Crippen molar-refractivity contribution in [1.82, 2.24) is 4.98 Å². The average molecular weight is 454 g/mol. The number of rotatable bonds is 6. The molecule has 3 aromatic rings. The first-order valence-corrected chi connectivity index (χ1v) is 12.3. The lowest BCUT2D eigenvalue weighted by Crippen LogP contribution is -2.05. The highest BCUT2D eigenvalue weighted by Gasteiger charge is 2.11. The third-order valence-corrected chi connectivity index (χ3v) is 6.41. The fraction of sp³-hybridized carbons (Fsp3) is 0.387. The van der Waals surface area contributed by atoms with E-state index in [-0.39, 0.29) is 0 Å². The summed E-state index contributed by atoms with van der Waals surface area (Å²) in [5.41, 5.74) is 13.2. The Kier molecular flexibility index (Phi) is 7.86. The van der Waals surface area contributed by atoms with Crippen LogP contribution in [0, 0.1) is 27.7 Å². The summed E-state index contributed by atoms with van der Waals surface area (Å²) in [5.74, 6) is 1.01. The standard InChI is InChI=1S/C31H39N3/c1-18(2)26-14-20(5)30(21(6)15-26)32-24(9)28-12-11-13-29(34-28)25(10)33-31-22(7)16-27(19(3)4)17-23(31)8/h11-19H,1-10H3. The maximum Gasteiger partial charge on any atom is 0.0849 e. The van der Waals surface area contributed by atoms with Crippen LogP contribution in [-0.4, -0.2) is 16.4 Å². The van der Waals surface area contributed by atoms with Crippen LogP contribution in [-0.2, 0) is 0 Å². The van der Waals surface area contributed by atoms with E-state index < -0.39 is 0 Å². The van der Waals surface area contributed by atoms with E-state index in [4.69, 9.17) is 15.0 Å². The van der Waals surface area contributed by atoms with Crippen LogP contribution in [0.15, 0.2) is 52.4 Å². The Labute approximate surface area is 206 Å². The maximum absolute atomic E-state index is 4.98. The van der Waals surface area contributed by atoms with Gasteiger partial charge in [-0.1, -0.05) is 58.0 Å². The first kappa shape index (κ1) is 25.6. The normalized spacial score (nSPS) is 12.7. The van der Waals surface area contributed by atoms with Crippen molar-refractivity contribution in [2.75, 3.05) is 0 Å². The van der Waals surface area contributed by atoms with Crippen LogP contribution in [0.4, 0.5) is 11.4 Å². The highest BCUT2D eigenvalue weighted by Crippen LogP contribution is 2.30. The predicted molar refractivity (Wildman–Crippen MR) is 148 cm³/mol. The molecule has 34 heavy (non-hydrogen) atoms. The SMILES string of the molecule is CC(=Nc1c(C)cc(C(C)C)cc1C)c1cccc(C(C)=Nc2c(C)cc(C(C)C)cc2C)n1. The Balaban J connectivity index is 1.97. The Morgan fingerprint density at radius 3 is 1.24 bits per heavy atom. The first-order valence-electron chi connectivity index (χ1n) is 12.3. The van der Waals surface area contributed by atoms with E-state index in [1.54, 1.807) is 0 Å². The van der Waals surface area contributed by atoms with Gasteiger partial charge in [0, 0.05) is 0 Å². The van der Waals surface area contributed by atoms with Gasteiger partial charge in [0.2, 0.25) is 0 Å². The molecule has 0 atom stereocenters. The molecular weight excluding hydrogens is 414 g/mol. The molecule has 0 aliphatic rings. The van der Waals surface area contributed by atoms with Gasteiger partial charge < -0.3 is 0 Å². The van der Waals surface area contributed by atoms with Gasteiger partial charge in [0.25, 0.3) is 0 Å². The Morgan fingerprint density at radius 1 is 0.618 bits per heavy atom. The molecule has 3 rings (SSSR count). The summed E-state index contributed by atoms with van der Waals surface area (Å²) in [6.45, 7) is 21.5. The fourth-order valence-corrected chi connectivity index (χ4v) is 4.29. The average Bonchev–Trinajstić information content (AvgIpc) is 2.78. The van der Waals surface area contributed by atoms with E-state index in [1.807, 2.05) is 32.0 Å². The number of hydrogen-bond donors (Lipinski definition) is 0. The monoisotopic (exact) mass is 453 g/mol. The molecule has 3 heteroatoms. The molecule has 3 nitrogen and oxygen atoms in total. The van der Waals surface area contributed by atoms with Crippen molar-refractivity contribution in [2.45, 2.75) is 81.1 Å². The van der Waals surface area contributed by atoms with E-state index in [0.29, 0.717) is 11.8 Å². The van der Waals surface area contributed by atoms with Crippen molar-refractivity contribution in [1.29, 1.82) is 0 Å². The Hall–Kier alpha value is -3.07. The van der Waals surface area contributed by atoms with Gasteiger partial charge in [-0.2, -0.15) is 0 Å². The van der Waals surface area contributed by atoms with Gasteiger partial charge in [0.15, 0.2) is 0 Å². The van der Waals surface area contributed by atoms with Crippen LogP contribution in [0.25, 0.3) is 0 Å². The number of benzene rings is 2. The second-order valence-electron chi connectivity index (χ2n) is 10.1. The molecule has 0 aliphatic carbocycles. The molecular formula is C31H39N3. The van der Waals surface area contributed by atoms with Gasteiger partial charge in [-0.05, 0) is 98.9 Å². The number of aliphatic imine (C=N–C) groups is 2. The lowest BCUT2D eigenvalue weighted by molar-refractivity contribution is 0.863. The fourth-order valence-electron chi connectivity index (χ4n) is 4.29. The number of nitrogens with zero attached hydrogens (tertiary/aromatic N) is 3.